The molecular weight excluding hydrogens is 1010 g/mol. The van der Waals surface area contributed by atoms with Crippen LogP contribution < -0.4 is 28.4 Å². The summed E-state index contributed by atoms with van der Waals surface area (Å²) in [6, 6.07) is 62.5. The van der Waals surface area contributed by atoms with Crippen LogP contribution in [-0.2, 0) is 20.1 Å². The van der Waals surface area contributed by atoms with Crippen molar-refractivity contribution in [2.45, 2.75) is 0 Å². The molecule has 0 atom stereocenters. The summed E-state index contributed by atoms with van der Waals surface area (Å²) in [5, 5.41) is 0. The molecule has 9 aromatic rings. The maximum absolute atomic E-state index is 5.17. The SMILES string of the molecule is COc1c[c-]c(-c2ccc(-c3ccc(OC)cc3)cn2)cc1.COc1c[c-]c(-c2ccc(-c3ccc(OC)cc3)cn2)cc1.COc1c[c-]c(-c2ccc(-c3ccc(OC)cc3)cn2)cc1.[Ir+3]. The van der Waals surface area contributed by atoms with E-state index in [9.17, 15) is 0 Å². The van der Waals surface area contributed by atoms with E-state index in [1.54, 1.807) is 42.7 Å². The molecule has 3 heterocycles. The van der Waals surface area contributed by atoms with Gasteiger partial charge in [0.2, 0.25) is 0 Å². The Morgan fingerprint density at radius 1 is 0.269 bits per heavy atom. The average molecular weight is 1060 g/mol. The molecule has 0 aliphatic rings. The van der Waals surface area contributed by atoms with E-state index >= 15 is 0 Å². The monoisotopic (exact) mass is 1060 g/mol. The van der Waals surface area contributed by atoms with E-state index in [0.717, 1.165) is 102 Å². The van der Waals surface area contributed by atoms with Gasteiger partial charge in [-0.05, 0) is 86.9 Å². The van der Waals surface area contributed by atoms with Crippen molar-refractivity contribution in [2.75, 3.05) is 42.7 Å². The Kier molecular flexibility index (Phi) is 17.8. The molecule has 10 heteroatoms. The summed E-state index contributed by atoms with van der Waals surface area (Å²) in [5.41, 5.74) is 12.0. The number of ether oxygens (including phenoxy) is 6. The van der Waals surface area contributed by atoms with E-state index in [-0.39, 0.29) is 20.1 Å². The zero-order valence-corrected chi connectivity index (χ0v) is 40.3. The van der Waals surface area contributed by atoms with Gasteiger partial charge in [0.15, 0.2) is 0 Å². The number of nitrogens with zero attached hydrogens (tertiary/aromatic N) is 3. The summed E-state index contributed by atoms with van der Waals surface area (Å²) in [6.07, 6.45) is 5.61. The van der Waals surface area contributed by atoms with Crippen molar-refractivity contribution in [3.8, 4) is 102 Å². The topological polar surface area (TPSA) is 94.1 Å². The predicted molar refractivity (Wildman–Crippen MR) is 261 cm³/mol. The molecule has 0 unspecified atom stereocenters. The van der Waals surface area contributed by atoms with Crippen LogP contribution >= 0.6 is 0 Å². The Morgan fingerprint density at radius 2 is 0.493 bits per heavy atom. The number of methoxy groups -OCH3 is 6. The van der Waals surface area contributed by atoms with E-state index in [1.807, 2.05) is 164 Å². The van der Waals surface area contributed by atoms with Gasteiger partial charge in [-0.3, -0.25) is 0 Å². The standard InChI is InChI=1S/3C19H16NO2.Ir/c3*1-21-17-8-3-14(4-9-17)16-7-12-19(20-13-16)15-5-10-18(22-2)11-6-15;/h3*3-5,7-13H,1-2H3;/q3*-1;+3. The molecule has 0 amide bonds. The van der Waals surface area contributed by atoms with Crippen molar-refractivity contribution in [2.24, 2.45) is 0 Å². The van der Waals surface area contributed by atoms with Crippen LogP contribution in [0.4, 0.5) is 0 Å². The molecule has 0 saturated carbocycles. The van der Waals surface area contributed by atoms with E-state index in [0.29, 0.717) is 0 Å². The molecule has 0 spiro atoms. The summed E-state index contributed by atoms with van der Waals surface area (Å²) < 4.78 is 30.9. The van der Waals surface area contributed by atoms with Crippen LogP contribution in [0.15, 0.2) is 182 Å². The van der Waals surface area contributed by atoms with Gasteiger partial charge in [0, 0.05) is 35.8 Å². The van der Waals surface area contributed by atoms with Gasteiger partial charge >= 0.3 is 20.1 Å². The van der Waals surface area contributed by atoms with Crippen LogP contribution in [0.5, 0.6) is 34.5 Å². The molecule has 0 saturated heterocycles. The Hall–Kier alpha value is -7.78. The molecule has 336 valence electrons. The minimum absolute atomic E-state index is 0. The van der Waals surface area contributed by atoms with Gasteiger partial charge in [-0.2, -0.15) is 0 Å². The van der Waals surface area contributed by atoms with Gasteiger partial charge in [0.1, 0.15) is 17.2 Å². The van der Waals surface area contributed by atoms with Crippen molar-refractivity contribution < 1.29 is 48.5 Å². The minimum atomic E-state index is 0. The number of pyridine rings is 3. The molecule has 9 nitrogen and oxygen atoms in total. The summed E-state index contributed by atoms with van der Waals surface area (Å²) >= 11 is 0. The first-order valence-corrected chi connectivity index (χ1v) is 20.9. The number of hydrogen-bond donors (Lipinski definition) is 0. The van der Waals surface area contributed by atoms with Crippen molar-refractivity contribution >= 4 is 0 Å². The average Bonchev–Trinajstić information content (AvgIpc) is 3.41. The maximum atomic E-state index is 5.17. The molecule has 0 bridgehead atoms. The third-order valence-corrected chi connectivity index (χ3v) is 10.4. The van der Waals surface area contributed by atoms with Crippen LogP contribution in [0, 0.1) is 18.2 Å². The first kappa shape index (κ1) is 48.7. The van der Waals surface area contributed by atoms with Crippen LogP contribution in [0.25, 0.3) is 67.2 Å². The van der Waals surface area contributed by atoms with Crippen LogP contribution in [-0.4, -0.2) is 57.6 Å². The Balaban J connectivity index is 0.000000165. The largest absolute Gasteiger partial charge is 3.00 e. The van der Waals surface area contributed by atoms with Gasteiger partial charge in [0.25, 0.3) is 0 Å². The van der Waals surface area contributed by atoms with Crippen LogP contribution in [0.1, 0.15) is 0 Å². The predicted octanol–water partition coefficient (Wildman–Crippen LogP) is 12.7. The van der Waals surface area contributed by atoms with E-state index in [2.05, 4.69) is 51.4 Å². The van der Waals surface area contributed by atoms with Crippen LogP contribution in [0.2, 0.25) is 0 Å². The van der Waals surface area contributed by atoms with E-state index in [1.165, 1.54) is 0 Å². The minimum Gasteiger partial charge on any atom is -0.540 e. The third-order valence-electron chi connectivity index (χ3n) is 10.4. The van der Waals surface area contributed by atoms with Gasteiger partial charge < -0.3 is 43.4 Å². The van der Waals surface area contributed by atoms with Gasteiger partial charge in [-0.25, -0.2) is 0 Å². The summed E-state index contributed by atoms with van der Waals surface area (Å²) in [5.74, 6) is 4.92. The molecule has 6 aromatic carbocycles. The second-order valence-corrected chi connectivity index (χ2v) is 14.4. The molecular formula is C57H48IrN3O6. The second-order valence-electron chi connectivity index (χ2n) is 14.4. The maximum Gasteiger partial charge on any atom is 3.00 e. The fourth-order valence-corrected chi connectivity index (χ4v) is 6.61. The molecule has 9 rings (SSSR count). The van der Waals surface area contributed by atoms with Gasteiger partial charge in [0.05, 0.1) is 42.7 Å². The quantitative estimate of drug-likeness (QED) is 0.111. The third kappa shape index (κ3) is 13.2. The first-order chi connectivity index (χ1) is 32.4. The van der Waals surface area contributed by atoms with Crippen molar-refractivity contribution in [1.29, 1.82) is 0 Å². The Morgan fingerprint density at radius 3 is 0.672 bits per heavy atom. The fraction of sp³-hybridized carbons (Fsp3) is 0.105. The molecule has 0 fully saturated rings. The normalized spacial score (nSPS) is 10.1. The Labute approximate surface area is 406 Å². The van der Waals surface area contributed by atoms with Gasteiger partial charge in [-0.1, -0.05) is 72.8 Å². The molecule has 0 radical (unpaired) electrons. The van der Waals surface area contributed by atoms with Crippen molar-refractivity contribution in [3.05, 3.63) is 201 Å². The zero-order chi connectivity index (χ0) is 46.1. The fourth-order valence-electron chi connectivity index (χ4n) is 6.61. The zero-order valence-electron chi connectivity index (χ0n) is 37.9. The Bertz CT molecular complexity index is 2320. The second kappa shape index (κ2) is 24.5. The summed E-state index contributed by atoms with van der Waals surface area (Å²) in [6.45, 7) is 0. The van der Waals surface area contributed by atoms with Gasteiger partial charge in [-0.15, -0.1) is 89.5 Å². The van der Waals surface area contributed by atoms with E-state index < -0.39 is 0 Å². The van der Waals surface area contributed by atoms with Crippen molar-refractivity contribution in [3.63, 3.8) is 0 Å². The van der Waals surface area contributed by atoms with Crippen molar-refractivity contribution in [1.82, 2.24) is 15.0 Å². The molecule has 3 aromatic heterocycles. The van der Waals surface area contributed by atoms with E-state index in [4.69, 9.17) is 28.4 Å². The number of benzene rings is 6. The number of aromatic nitrogens is 3. The first-order valence-electron chi connectivity index (χ1n) is 20.9. The molecule has 0 aliphatic carbocycles. The molecule has 67 heavy (non-hydrogen) atoms. The molecule has 0 N–H and O–H groups in total. The summed E-state index contributed by atoms with van der Waals surface area (Å²) in [4.78, 5) is 13.6. The smallest absolute Gasteiger partial charge is 0.540 e. The summed E-state index contributed by atoms with van der Waals surface area (Å²) in [7, 11) is 9.92. The number of hydrogen-bond acceptors (Lipinski definition) is 9. The van der Waals surface area contributed by atoms with Crippen LogP contribution in [0.3, 0.4) is 0 Å². The molecule has 0 aliphatic heterocycles. The number of rotatable bonds is 12.